The first-order valence-electron chi connectivity index (χ1n) is 9.03. The van der Waals surface area contributed by atoms with Gasteiger partial charge in [-0.05, 0) is 40.2 Å². The number of rotatable bonds is 6. The van der Waals surface area contributed by atoms with Crippen LogP contribution in [0.15, 0.2) is 83.1 Å². The topological polar surface area (TPSA) is 90.9 Å². The summed E-state index contributed by atoms with van der Waals surface area (Å²) >= 11 is 1.16. The lowest BCUT2D eigenvalue weighted by Gasteiger charge is -2.04. The van der Waals surface area contributed by atoms with Gasteiger partial charge in [-0.3, -0.25) is 14.9 Å². The van der Waals surface area contributed by atoms with E-state index < -0.39 is 4.92 Å². The number of nitro benzene ring substituents is 1. The summed E-state index contributed by atoms with van der Waals surface area (Å²) < 4.78 is 1.69. The zero-order valence-corrected chi connectivity index (χ0v) is 16.7. The van der Waals surface area contributed by atoms with E-state index in [0.717, 1.165) is 22.5 Å². The number of carbonyl (C=O) groups excluding carboxylic acids is 1. The molecule has 0 unspecified atom stereocenters. The Morgan fingerprint density at radius 1 is 1.13 bits per heavy atom. The molecule has 1 aromatic heterocycles. The lowest BCUT2D eigenvalue weighted by molar-refractivity contribution is -0.387. The van der Waals surface area contributed by atoms with E-state index in [2.05, 4.69) is 10.2 Å². The third-order valence-electron chi connectivity index (χ3n) is 4.53. The van der Waals surface area contributed by atoms with Gasteiger partial charge in [-0.1, -0.05) is 54.6 Å². The summed E-state index contributed by atoms with van der Waals surface area (Å²) in [4.78, 5) is 24.3. The van der Waals surface area contributed by atoms with Crippen LogP contribution in [-0.4, -0.2) is 25.5 Å². The number of ketones is 1. The second kappa shape index (κ2) is 8.30. The molecule has 8 heteroatoms. The zero-order valence-electron chi connectivity index (χ0n) is 15.9. The first-order valence-corrected chi connectivity index (χ1v) is 9.85. The van der Waals surface area contributed by atoms with Crippen LogP contribution in [0.2, 0.25) is 0 Å². The highest BCUT2D eigenvalue weighted by atomic mass is 32.2. The maximum atomic E-state index is 12.7. The number of fused-ring (bicyclic) bond motifs is 1. The fraction of sp³-hybridized carbons (Fsp3) is 0.0455. The number of carbonyl (C=O) groups is 1. The smallest absolute Gasteiger partial charge is 0.283 e. The molecule has 0 fully saturated rings. The van der Waals surface area contributed by atoms with Gasteiger partial charge in [0, 0.05) is 18.7 Å². The van der Waals surface area contributed by atoms with Gasteiger partial charge in [0.1, 0.15) is 6.33 Å². The summed E-state index contributed by atoms with van der Waals surface area (Å²) in [5.41, 5.74) is 1.11. The predicted molar refractivity (Wildman–Crippen MR) is 116 cm³/mol. The van der Waals surface area contributed by atoms with E-state index in [0.29, 0.717) is 21.2 Å². The van der Waals surface area contributed by atoms with Gasteiger partial charge in [0.2, 0.25) is 0 Å². The summed E-state index contributed by atoms with van der Waals surface area (Å²) in [5.74, 6) is -0.160. The SMILES string of the molecule is Cn1cnnc1Sc1ccc(/C=C/C(=O)c2cccc3ccccc23)cc1[N+](=O)[O-]. The van der Waals surface area contributed by atoms with Gasteiger partial charge >= 0.3 is 0 Å². The number of aromatic nitrogens is 3. The van der Waals surface area contributed by atoms with Gasteiger partial charge in [-0.15, -0.1) is 10.2 Å². The van der Waals surface area contributed by atoms with Crippen molar-refractivity contribution >= 4 is 40.1 Å². The quantitative estimate of drug-likeness (QED) is 0.192. The largest absolute Gasteiger partial charge is 0.311 e. The third kappa shape index (κ3) is 3.99. The van der Waals surface area contributed by atoms with Gasteiger partial charge in [0.25, 0.3) is 5.69 Å². The van der Waals surface area contributed by atoms with Crippen LogP contribution in [0, 0.1) is 10.1 Å². The molecular weight excluding hydrogens is 400 g/mol. The van der Waals surface area contributed by atoms with Crippen molar-refractivity contribution in [2.75, 3.05) is 0 Å². The van der Waals surface area contributed by atoms with E-state index in [4.69, 9.17) is 0 Å². The molecule has 0 saturated heterocycles. The minimum atomic E-state index is -0.442. The van der Waals surface area contributed by atoms with Crippen LogP contribution in [0.1, 0.15) is 15.9 Å². The number of aryl methyl sites for hydroxylation is 1. The molecular formula is C22H16N4O3S. The Morgan fingerprint density at radius 3 is 2.70 bits per heavy atom. The molecule has 0 bridgehead atoms. The van der Waals surface area contributed by atoms with E-state index >= 15 is 0 Å². The summed E-state index contributed by atoms with van der Waals surface area (Å²) in [6.45, 7) is 0. The first kappa shape index (κ1) is 19.5. The Kier molecular flexibility index (Phi) is 5.40. The fourth-order valence-electron chi connectivity index (χ4n) is 3.03. The van der Waals surface area contributed by atoms with Crippen LogP contribution in [-0.2, 0) is 7.05 Å². The van der Waals surface area contributed by atoms with Crippen LogP contribution in [0.4, 0.5) is 5.69 Å². The molecule has 7 nitrogen and oxygen atoms in total. The molecule has 0 aliphatic rings. The average molecular weight is 416 g/mol. The molecule has 0 aliphatic heterocycles. The van der Waals surface area contributed by atoms with E-state index in [9.17, 15) is 14.9 Å². The van der Waals surface area contributed by atoms with Crippen molar-refractivity contribution in [3.8, 4) is 0 Å². The second-order valence-electron chi connectivity index (χ2n) is 6.54. The second-order valence-corrected chi connectivity index (χ2v) is 7.54. The van der Waals surface area contributed by atoms with Gasteiger partial charge < -0.3 is 4.57 Å². The Balaban J connectivity index is 1.62. The molecule has 3 aromatic carbocycles. The van der Waals surface area contributed by atoms with Crippen LogP contribution < -0.4 is 0 Å². The lowest BCUT2D eigenvalue weighted by atomic mass is 10.0. The third-order valence-corrected chi connectivity index (χ3v) is 5.65. The molecule has 0 spiro atoms. The van der Waals surface area contributed by atoms with Crippen LogP contribution in [0.25, 0.3) is 16.8 Å². The van der Waals surface area contributed by atoms with Crippen LogP contribution in [0.3, 0.4) is 0 Å². The molecule has 0 atom stereocenters. The predicted octanol–water partition coefficient (Wildman–Crippen LogP) is 4.92. The molecule has 4 aromatic rings. The Morgan fingerprint density at radius 2 is 1.93 bits per heavy atom. The van der Waals surface area contributed by atoms with E-state index in [1.54, 1.807) is 35.9 Å². The molecule has 30 heavy (non-hydrogen) atoms. The van der Waals surface area contributed by atoms with E-state index in [1.165, 1.54) is 18.5 Å². The van der Waals surface area contributed by atoms with Gasteiger partial charge in [0.05, 0.1) is 9.82 Å². The molecule has 0 radical (unpaired) electrons. The minimum Gasteiger partial charge on any atom is -0.311 e. The first-order chi connectivity index (χ1) is 14.5. The fourth-order valence-corrected chi connectivity index (χ4v) is 3.88. The highest BCUT2D eigenvalue weighted by Gasteiger charge is 2.17. The summed E-state index contributed by atoms with van der Waals surface area (Å²) in [6, 6.07) is 18.1. The molecule has 1 heterocycles. The van der Waals surface area contributed by atoms with Crippen LogP contribution in [0.5, 0.6) is 0 Å². The maximum Gasteiger partial charge on any atom is 0.283 e. The molecule has 0 saturated carbocycles. The van der Waals surface area contributed by atoms with Gasteiger partial charge in [-0.25, -0.2) is 0 Å². The normalized spacial score (nSPS) is 11.2. The molecule has 0 amide bonds. The van der Waals surface area contributed by atoms with Crippen molar-refractivity contribution in [2.45, 2.75) is 10.1 Å². The lowest BCUT2D eigenvalue weighted by Crippen LogP contribution is -1.96. The van der Waals surface area contributed by atoms with Crippen molar-refractivity contribution in [2.24, 2.45) is 7.05 Å². The number of hydrogen-bond donors (Lipinski definition) is 0. The van der Waals surface area contributed by atoms with Crippen molar-refractivity contribution in [1.29, 1.82) is 0 Å². The summed E-state index contributed by atoms with van der Waals surface area (Å²) in [7, 11) is 1.77. The van der Waals surface area contributed by atoms with Crippen molar-refractivity contribution in [3.05, 3.63) is 94.3 Å². The minimum absolute atomic E-state index is 0.0530. The monoisotopic (exact) mass is 416 g/mol. The number of nitro groups is 1. The molecule has 148 valence electrons. The highest BCUT2D eigenvalue weighted by Crippen LogP contribution is 2.34. The maximum absolute atomic E-state index is 12.7. The van der Waals surface area contributed by atoms with E-state index in [1.807, 2.05) is 36.4 Å². The van der Waals surface area contributed by atoms with E-state index in [-0.39, 0.29) is 11.5 Å². The molecule has 0 N–H and O–H groups in total. The molecule has 4 rings (SSSR count). The average Bonchev–Trinajstić information content (AvgIpc) is 3.16. The van der Waals surface area contributed by atoms with Crippen molar-refractivity contribution < 1.29 is 9.72 Å². The number of nitrogens with zero attached hydrogens (tertiary/aromatic N) is 4. The highest BCUT2D eigenvalue weighted by molar-refractivity contribution is 7.99. The van der Waals surface area contributed by atoms with Gasteiger partial charge in [0.15, 0.2) is 10.9 Å². The van der Waals surface area contributed by atoms with Crippen molar-refractivity contribution in [1.82, 2.24) is 14.8 Å². The Hall–Kier alpha value is -3.78. The number of hydrogen-bond acceptors (Lipinski definition) is 6. The molecule has 0 aliphatic carbocycles. The van der Waals surface area contributed by atoms with Crippen LogP contribution >= 0.6 is 11.8 Å². The summed E-state index contributed by atoms with van der Waals surface area (Å²) in [5, 5.41) is 21.7. The number of allylic oxidation sites excluding steroid dienone is 1. The summed E-state index contributed by atoms with van der Waals surface area (Å²) in [6.07, 6.45) is 4.56. The Labute approximate surface area is 176 Å². The van der Waals surface area contributed by atoms with Crippen molar-refractivity contribution in [3.63, 3.8) is 0 Å². The number of benzene rings is 3. The standard InChI is InChI=1S/C22H16N4O3S/c1-25-14-23-24-22(25)30-21-12-10-15(13-19(21)26(28)29)9-11-20(27)18-8-4-6-16-5-2-3-7-17(16)18/h2-14H,1H3/b11-9+. The Bertz CT molecular complexity index is 1290. The zero-order chi connectivity index (χ0) is 21.1. The van der Waals surface area contributed by atoms with Gasteiger partial charge in [-0.2, -0.15) is 0 Å².